The number of benzene rings is 1. The number of amides is 1. The number of anilines is 2. The Morgan fingerprint density at radius 1 is 1.09 bits per heavy atom. The van der Waals surface area contributed by atoms with Gasteiger partial charge in [0.25, 0.3) is 11.9 Å². The SMILES string of the molecule is O=C(NS(=O)(=O)N1CCOC2(COC2)C1)c1coc(Nc2c3c(c(Cl)c4c2CCC4)CCC3)n1. The molecule has 34 heavy (non-hydrogen) atoms. The molecular weight excluding hydrogens is 484 g/mol. The summed E-state index contributed by atoms with van der Waals surface area (Å²) in [6.45, 7) is 1.20. The zero-order valence-electron chi connectivity index (χ0n) is 18.5. The normalized spacial score (nSPS) is 21.2. The molecular formula is C22H25ClN4O6S. The topological polar surface area (TPSA) is 123 Å². The van der Waals surface area contributed by atoms with Gasteiger partial charge in [-0.05, 0) is 60.8 Å². The Bertz CT molecular complexity index is 1240. The Morgan fingerprint density at radius 2 is 1.76 bits per heavy atom. The van der Waals surface area contributed by atoms with Gasteiger partial charge in [0.15, 0.2) is 5.69 Å². The molecule has 2 saturated heterocycles. The summed E-state index contributed by atoms with van der Waals surface area (Å²) < 4.78 is 45.2. The molecule has 1 amide bonds. The summed E-state index contributed by atoms with van der Waals surface area (Å²) >= 11 is 6.68. The van der Waals surface area contributed by atoms with E-state index in [1.165, 1.54) is 26.6 Å². The highest BCUT2D eigenvalue weighted by Gasteiger charge is 2.47. The minimum absolute atomic E-state index is 0.122. The summed E-state index contributed by atoms with van der Waals surface area (Å²) in [5.74, 6) is -0.853. The van der Waals surface area contributed by atoms with E-state index in [1.54, 1.807) is 0 Å². The molecule has 6 rings (SSSR count). The number of ether oxygens (including phenoxy) is 2. The predicted octanol–water partition coefficient (Wildman–Crippen LogP) is 2.12. The second-order valence-corrected chi connectivity index (χ2v) is 11.3. The second kappa shape index (κ2) is 8.20. The molecule has 4 aliphatic rings. The van der Waals surface area contributed by atoms with Crippen molar-refractivity contribution in [2.45, 2.75) is 44.1 Å². The minimum atomic E-state index is -4.07. The average molecular weight is 509 g/mol. The largest absolute Gasteiger partial charge is 0.431 e. The maximum atomic E-state index is 12.8. The number of nitrogens with zero attached hydrogens (tertiary/aromatic N) is 2. The van der Waals surface area contributed by atoms with Crippen LogP contribution in [0.1, 0.15) is 45.6 Å². The molecule has 2 aliphatic heterocycles. The van der Waals surface area contributed by atoms with Crippen LogP contribution >= 0.6 is 11.6 Å². The lowest BCUT2D eigenvalue weighted by Gasteiger charge is -2.46. The van der Waals surface area contributed by atoms with Crippen molar-refractivity contribution in [3.8, 4) is 0 Å². The smallest absolute Gasteiger partial charge is 0.304 e. The molecule has 0 saturated carbocycles. The highest BCUT2D eigenvalue weighted by Crippen LogP contribution is 2.44. The molecule has 10 nitrogen and oxygen atoms in total. The molecule has 12 heteroatoms. The number of hydrogen-bond donors (Lipinski definition) is 2. The number of carbonyl (C=O) groups is 1. The molecule has 0 bridgehead atoms. The summed E-state index contributed by atoms with van der Waals surface area (Å²) in [6.07, 6.45) is 6.97. The van der Waals surface area contributed by atoms with Crippen molar-refractivity contribution in [2.24, 2.45) is 0 Å². The third-order valence-corrected chi connectivity index (χ3v) is 8.93. The first-order chi connectivity index (χ1) is 16.4. The van der Waals surface area contributed by atoms with Gasteiger partial charge in [0.1, 0.15) is 11.9 Å². The lowest BCUT2D eigenvalue weighted by Crippen LogP contribution is -2.64. The fourth-order valence-corrected chi connectivity index (χ4v) is 6.94. The standard InChI is InChI=1S/C22H25ClN4O6S/c23-18-13-3-1-5-15(13)19(16-6-2-4-14(16)18)25-21-24-17(9-32-21)20(28)26-34(29,30)27-7-8-33-22(10-27)11-31-12-22/h9H,1-8,10-12H2,(H,24,25)(H,26,28). The van der Waals surface area contributed by atoms with E-state index in [0.29, 0.717) is 13.2 Å². The van der Waals surface area contributed by atoms with Crippen LogP contribution in [0.5, 0.6) is 0 Å². The summed E-state index contributed by atoms with van der Waals surface area (Å²) in [5, 5.41) is 4.14. The molecule has 1 aromatic carbocycles. The Hall–Kier alpha value is -2.18. The molecule has 0 radical (unpaired) electrons. The van der Waals surface area contributed by atoms with Gasteiger partial charge in [0, 0.05) is 23.8 Å². The first-order valence-corrected chi connectivity index (χ1v) is 13.3. The summed E-state index contributed by atoms with van der Waals surface area (Å²) in [6, 6.07) is 0.144. The molecule has 2 aromatic rings. The predicted molar refractivity (Wildman–Crippen MR) is 123 cm³/mol. The van der Waals surface area contributed by atoms with E-state index in [1.807, 2.05) is 0 Å². The van der Waals surface area contributed by atoms with Crippen LogP contribution in [0.15, 0.2) is 10.7 Å². The van der Waals surface area contributed by atoms with Gasteiger partial charge in [0.05, 0.1) is 19.8 Å². The zero-order valence-corrected chi connectivity index (χ0v) is 20.1. The van der Waals surface area contributed by atoms with Crippen molar-refractivity contribution < 1.29 is 27.1 Å². The van der Waals surface area contributed by atoms with Crippen LogP contribution < -0.4 is 10.0 Å². The van der Waals surface area contributed by atoms with Crippen LogP contribution in [-0.2, 0) is 45.4 Å². The highest BCUT2D eigenvalue weighted by molar-refractivity contribution is 7.87. The lowest BCUT2D eigenvalue weighted by molar-refractivity contribution is -0.228. The molecule has 1 aromatic heterocycles. The Kier molecular flexibility index (Phi) is 5.38. The van der Waals surface area contributed by atoms with Crippen molar-refractivity contribution in [2.75, 3.05) is 38.2 Å². The number of hydrogen-bond acceptors (Lipinski definition) is 8. The third kappa shape index (κ3) is 3.70. The molecule has 0 atom stereocenters. The van der Waals surface area contributed by atoms with Crippen molar-refractivity contribution in [1.29, 1.82) is 0 Å². The van der Waals surface area contributed by atoms with Gasteiger partial charge in [-0.2, -0.15) is 17.7 Å². The minimum Gasteiger partial charge on any atom is -0.431 e. The molecule has 2 aliphatic carbocycles. The summed E-state index contributed by atoms with van der Waals surface area (Å²) in [4.78, 5) is 16.9. The first kappa shape index (κ1) is 22.3. The van der Waals surface area contributed by atoms with E-state index in [9.17, 15) is 13.2 Å². The van der Waals surface area contributed by atoms with Crippen LogP contribution in [-0.4, -0.2) is 62.1 Å². The Balaban J connectivity index is 1.19. The van der Waals surface area contributed by atoms with Gasteiger partial charge < -0.3 is 19.2 Å². The zero-order chi connectivity index (χ0) is 23.5. The number of carbonyl (C=O) groups excluding carboxylic acids is 1. The number of halogens is 1. The van der Waals surface area contributed by atoms with Crippen LogP contribution in [0, 0.1) is 0 Å². The van der Waals surface area contributed by atoms with Crippen molar-refractivity contribution in [3.63, 3.8) is 0 Å². The maximum absolute atomic E-state index is 12.8. The lowest BCUT2D eigenvalue weighted by atomic mass is 9.98. The fourth-order valence-electron chi connectivity index (χ4n) is 5.33. The first-order valence-electron chi connectivity index (χ1n) is 11.5. The van der Waals surface area contributed by atoms with E-state index in [2.05, 4.69) is 15.0 Å². The number of nitrogens with one attached hydrogen (secondary N) is 2. The van der Waals surface area contributed by atoms with Crippen LogP contribution in [0.25, 0.3) is 0 Å². The van der Waals surface area contributed by atoms with Gasteiger partial charge in [-0.1, -0.05) is 11.6 Å². The molecule has 1 spiro atoms. The van der Waals surface area contributed by atoms with Crippen molar-refractivity contribution in [3.05, 3.63) is 39.2 Å². The van der Waals surface area contributed by atoms with E-state index in [-0.39, 0.29) is 31.4 Å². The van der Waals surface area contributed by atoms with Gasteiger partial charge in [-0.3, -0.25) is 4.79 Å². The van der Waals surface area contributed by atoms with Gasteiger partial charge in [0.2, 0.25) is 0 Å². The third-order valence-electron chi connectivity index (χ3n) is 7.04. The van der Waals surface area contributed by atoms with E-state index in [4.69, 9.17) is 25.5 Å². The van der Waals surface area contributed by atoms with Crippen LogP contribution in [0.4, 0.5) is 11.7 Å². The molecule has 0 unspecified atom stereocenters. The van der Waals surface area contributed by atoms with Gasteiger partial charge in [-0.25, -0.2) is 4.72 Å². The number of aromatic nitrogens is 1. The van der Waals surface area contributed by atoms with E-state index >= 15 is 0 Å². The average Bonchev–Trinajstić information content (AvgIpc) is 3.56. The quantitative estimate of drug-likeness (QED) is 0.629. The molecule has 3 heterocycles. The molecule has 2 N–H and O–H groups in total. The van der Waals surface area contributed by atoms with Crippen molar-refractivity contribution in [1.82, 2.24) is 14.0 Å². The second-order valence-electron chi connectivity index (χ2n) is 9.27. The number of oxazole rings is 1. The van der Waals surface area contributed by atoms with Crippen LogP contribution in [0.2, 0.25) is 5.02 Å². The molecule has 2 fully saturated rings. The Morgan fingerprint density at radius 3 is 2.41 bits per heavy atom. The van der Waals surface area contributed by atoms with Gasteiger partial charge >= 0.3 is 10.2 Å². The number of fused-ring (bicyclic) bond motifs is 2. The maximum Gasteiger partial charge on any atom is 0.304 e. The van der Waals surface area contributed by atoms with Crippen molar-refractivity contribution >= 4 is 39.4 Å². The summed E-state index contributed by atoms with van der Waals surface area (Å²) in [5.41, 5.74) is 4.94. The van der Waals surface area contributed by atoms with Gasteiger partial charge in [-0.15, -0.1) is 0 Å². The van der Waals surface area contributed by atoms with Crippen LogP contribution in [0.3, 0.4) is 0 Å². The van der Waals surface area contributed by atoms with E-state index < -0.39 is 21.7 Å². The highest BCUT2D eigenvalue weighted by atomic mass is 35.5. The summed E-state index contributed by atoms with van der Waals surface area (Å²) in [7, 11) is -4.07. The number of morpholine rings is 1. The molecule has 182 valence electrons. The Labute approximate surface area is 202 Å². The fraction of sp³-hybridized carbons (Fsp3) is 0.545. The number of rotatable bonds is 5. The monoisotopic (exact) mass is 508 g/mol. The van der Waals surface area contributed by atoms with E-state index in [0.717, 1.165) is 55.5 Å².